The molecule has 1 aliphatic rings. The van der Waals surface area contributed by atoms with Gasteiger partial charge in [0.05, 0.1) is 0 Å². The molecular weight excluding hydrogens is 182 g/mol. The Morgan fingerprint density at radius 2 is 1.86 bits per heavy atom. The van der Waals surface area contributed by atoms with E-state index in [2.05, 4.69) is 4.74 Å². The molecule has 0 bridgehead atoms. The molecule has 0 aromatic carbocycles. The third-order valence-corrected chi connectivity index (χ3v) is 2.67. The molecule has 0 aromatic heterocycles. The highest BCUT2D eigenvalue weighted by Crippen LogP contribution is 2.25. The SMILES string of the molecule is CC(=O)OC(=O)[C@H](N)C1CCCCC1. The van der Waals surface area contributed by atoms with Crippen molar-refractivity contribution in [3.8, 4) is 0 Å². The van der Waals surface area contributed by atoms with Crippen LogP contribution in [-0.4, -0.2) is 18.0 Å². The van der Waals surface area contributed by atoms with Crippen molar-refractivity contribution in [1.29, 1.82) is 0 Å². The van der Waals surface area contributed by atoms with E-state index in [4.69, 9.17) is 5.73 Å². The lowest BCUT2D eigenvalue weighted by molar-refractivity contribution is -0.160. The summed E-state index contributed by atoms with van der Waals surface area (Å²) in [6, 6.07) is -0.626. The summed E-state index contributed by atoms with van der Waals surface area (Å²) in [6.07, 6.45) is 5.38. The smallest absolute Gasteiger partial charge is 0.330 e. The summed E-state index contributed by atoms with van der Waals surface area (Å²) in [7, 11) is 0. The molecule has 4 nitrogen and oxygen atoms in total. The normalized spacial score (nSPS) is 20.1. The molecule has 2 N–H and O–H groups in total. The van der Waals surface area contributed by atoms with Gasteiger partial charge in [0.15, 0.2) is 0 Å². The molecular formula is C10H17NO3. The van der Waals surface area contributed by atoms with E-state index in [1.165, 1.54) is 13.3 Å². The van der Waals surface area contributed by atoms with E-state index in [1.807, 2.05) is 0 Å². The van der Waals surface area contributed by atoms with Crippen molar-refractivity contribution in [3.05, 3.63) is 0 Å². The fourth-order valence-corrected chi connectivity index (χ4v) is 1.90. The van der Waals surface area contributed by atoms with Crippen LogP contribution < -0.4 is 5.73 Å². The van der Waals surface area contributed by atoms with E-state index in [1.54, 1.807) is 0 Å². The summed E-state index contributed by atoms with van der Waals surface area (Å²) < 4.78 is 4.46. The lowest BCUT2D eigenvalue weighted by atomic mass is 9.84. The zero-order valence-corrected chi connectivity index (χ0v) is 8.49. The highest BCUT2D eigenvalue weighted by molar-refractivity contribution is 5.87. The predicted molar refractivity (Wildman–Crippen MR) is 51.3 cm³/mol. The van der Waals surface area contributed by atoms with Gasteiger partial charge in [-0.2, -0.15) is 0 Å². The number of esters is 2. The van der Waals surface area contributed by atoms with Crippen LogP contribution in [-0.2, 0) is 14.3 Å². The third kappa shape index (κ3) is 3.10. The number of hydrogen-bond acceptors (Lipinski definition) is 4. The number of carbonyl (C=O) groups is 2. The Morgan fingerprint density at radius 1 is 1.29 bits per heavy atom. The maximum Gasteiger partial charge on any atom is 0.330 e. The van der Waals surface area contributed by atoms with Gasteiger partial charge in [0.25, 0.3) is 0 Å². The van der Waals surface area contributed by atoms with Crippen LogP contribution in [0.5, 0.6) is 0 Å². The number of hydrogen-bond donors (Lipinski definition) is 1. The first-order valence-electron chi connectivity index (χ1n) is 5.09. The molecule has 1 rings (SSSR count). The van der Waals surface area contributed by atoms with E-state index >= 15 is 0 Å². The second kappa shape index (κ2) is 5.10. The van der Waals surface area contributed by atoms with Crippen LogP contribution in [0.15, 0.2) is 0 Å². The van der Waals surface area contributed by atoms with Gasteiger partial charge in [0.2, 0.25) is 0 Å². The first-order valence-corrected chi connectivity index (χ1v) is 5.09. The molecule has 0 saturated heterocycles. The Labute approximate surface area is 83.8 Å². The lowest BCUT2D eigenvalue weighted by Crippen LogP contribution is -2.40. The molecule has 0 heterocycles. The Morgan fingerprint density at radius 3 is 2.36 bits per heavy atom. The largest absolute Gasteiger partial charge is 0.392 e. The van der Waals surface area contributed by atoms with Crippen molar-refractivity contribution in [2.75, 3.05) is 0 Å². The van der Waals surface area contributed by atoms with Crippen LogP contribution in [0.25, 0.3) is 0 Å². The number of rotatable bonds is 2. The number of nitrogens with two attached hydrogens (primary N) is 1. The first-order chi connectivity index (χ1) is 6.61. The van der Waals surface area contributed by atoms with E-state index in [9.17, 15) is 9.59 Å². The Balaban J connectivity index is 2.41. The van der Waals surface area contributed by atoms with Gasteiger partial charge in [-0.3, -0.25) is 4.79 Å². The van der Waals surface area contributed by atoms with E-state index in [0.717, 1.165) is 25.7 Å². The van der Waals surface area contributed by atoms with Gasteiger partial charge in [0.1, 0.15) is 6.04 Å². The summed E-state index contributed by atoms with van der Waals surface area (Å²) in [4.78, 5) is 21.8. The molecule has 0 amide bonds. The third-order valence-electron chi connectivity index (χ3n) is 2.67. The molecule has 80 valence electrons. The zero-order chi connectivity index (χ0) is 10.6. The van der Waals surface area contributed by atoms with Crippen LogP contribution >= 0.6 is 0 Å². The van der Waals surface area contributed by atoms with E-state index in [-0.39, 0.29) is 5.92 Å². The molecule has 1 atom stereocenters. The van der Waals surface area contributed by atoms with E-state index in [0.29, 0.717) is 0 Å². The van der Waals surface area contributed by atoms with Crippen molar-refractivity contribution < 1.29 is 14.3 Å². The van der Waals surface area contributed by atoms with Crippen LogP contribution in [0.1, 0.15) is 39.0 Å². The van der Waals surface area contributed by atoms with Crippen LogP contribution in [0.3, 0.4) is 0 Å². The average molecular weight is 199 g/mol. The van der Waals surface area contributed by atoms with Gasteiger partial charge >= 0.3 is 11.9 Å². The highest BCUT2D eigenvalue weighted by atomic mass is 16.6. The van der Waals surface area contributed by atoms with Crippen LogP contribution in [0.2, 0.25) is 0 Å². The fourth-order valence-electron chi connectivity index (χ4n) is 1.90. The molecule has 4 heteroatoms. The van der Waals surface area contributed by atoms with Gasteiger partial charge in [-0.1, -0.05) is 19.3 Å². The summed E-state index contributed by atoms with van der Waals surface area (Å²) in [5.74, 6) is -0.971. The summed E-state index contributed by atoms with van der Waals surface area (Å²) in [5.41, 5.74) is 5.71. The molecule has 14 heavy (non-hydrogen) atoms. The maximum atomic E-state index is 11.3. The van der Waals surface area contributed by atoms with Crippen molar-refractivity contribution in [3.63, 3.8) is 0 Å². The first kappa shape index (κ1) is 11.2. The van der Waals surface area contributed by atoms with Crippen molar-refractivity contribution >= 4 is 11.9 Å². The van der Waals surface area contributed by atoms with Gasteiger partial charge in [0, 0.05) is 6.92 Å². The molecule has 0 spiro atoms. The summed E-state index contributed by atoms with van der Waals surface area (Å²) in [6.45, 7) is 1.21. The van der Waals surface area contributed by atoms with Crippen LogP contribution in [0, 0.1) is 5.92 Å². The molecule has 1 aliphatic carbocycles. The van der Waals surface area contributed by atoms with Gasteiger partial charge < -0.3 is 10.5 Å². The van der Waals surface area contributed by atoms with Crippen molar-refractivity contribution in [1.82, 2.24) is 0 Å². The Hall–Kier alpha value is -0.900. The molecule has 0 radical (unpaired) electrons. The van der Waals surface area contributed by atoms with Crippen molar-refractivity contribution in [2.24, 2.45) is 11.7 Å². The molecule has 0 aliphatic heterocycles. The maximum absolute atomic E-state index is 11.3. The molecule has 1 fully saturated rings. The average Bonchev–Trinajstić information content (AvgIpc) is 2.17. The summed E-state index contributed by atoms with van der Waals surface area (Å²) >= 11 is 0. The lowest BCUT2D eigenvalue weighted by Gasteiger charge is -2.25. The molecule has 1 saturated carbocycles. The number of carbonyl (C=O) groups excluding carboxylic acids is 2. The van der Waals surface area contributed by atoms with Gasteiger partial charge in [-0.25, -0.2) is 4.79 Å². The highest BCUT2D eigenvalue weighted by Gasteiger charge is 2.27. The zero-order valence-electron chi connectivity index (χ0n) is 8.49. The molecule has 0 unspecified atom stereocenters. The minimum Gasteiger partial charge on any atom is -0.392 e. The second-order valence-electron chi connectivity index (χ2n) is 3.84. The minimum absolute atomic E-state index is 0.190. The second-order valence-corrected chi connectivity index (χ2v) is 3.84. The Kier molecular flexibility index (Phi) is 4.07. The Bertz CT molecular complexity index is 221. The van der Waals surface area contributed by atoms with Gasteiger partial charge in [-0.15, -0.1) is 0 Å². The van der Waals surface area contributed by atoms with Gasteiger partial charge in [-0.05, 0) is 18.8 Å². The van der Waals surface area contributed by atoms with Crippen molar-refractivity contribution in [2.45, 2.75) is 45.1 Å². The predicted octanol–water partition coefficient (Wildman–Crippen LogP) is 0.984. The monoisotopic (exact) mass is 199 g/mol. The standard InChI is InChI=1S/C10H17NO3/c1-7(12)14-10(13)9(11)8-5-3-2-4-6-8/h8-9H,2-6,11H2,1H3/t9-/m1/s1. The fraction of sp³-hybridized carbons (Fsp3) is 0.800. The number of ether oxygens (including phenoxy) is 1. The quantitative estimate of drug-likeness (QED) is 0.531. The molecule has 0 aromatic rings. The van der Waals surface area contributed by atoms with E-state index < -0.39 is 18.0 Å². The topological polar surface area (TPSA) is 69.4 Å². The minimum atomic E-state index is -0.626. The summed E-state index contributed by atoms with van der Waals surface area (Å²) in [5, 5.41) is 0. The van der Waals surface area contributed by atoms with Crippen LogP contribution in [0.4, 0.5) is 0 Å².